The molecule has 0 unspecified atom stereocenters. The Morgan fingerprint density at radius 1 is 1.13 bits per heavy atom. The monoisotopic (exact) mass is 426 g/mol. The molecule has 3 rings (SSSR count). The predicted molar refractivity (Wildman–Crippen MR) is 118 cm³/mol. The molecule has 1 fully saturated rings. The van der Waals surface area contributed by atoms with Gasteiger partial charge in [-0.1, -0.05) is 30.3 Å². The van der Waals surface area contributed by atoms with Gasteiger partial charge in [-0.25, -0.2) is 9.18 Å². The molecule has 1 aliphatic rings. The van der Waals surface area contributed by atoms with E-state index in [1.807, 2.05) is 58.0 Å². The lowest BCUT2D eigenvalue weighted by Gasteiger charge is -2.32. The fourth-order valence-electron chi connectivity index (χ4n) is 2.98. The summed E-state index contributed by atoms with van der Waals surface area (Å²) in [5, 5.41) is 2.74. The van der Waals surface area contributed by atoms with Crippen molar-refractivity contribution < 1.29 is 23.2 Å². The maximum Gasteiger partial charge on any atom is 0.492 e. The number of hydrogen-bond donors (Lipinski definition) is 1. The number of halogens is 1. The number of ether oxygens (including phenoxy) is 1. The topological polar surface area (TPSA) is 69.7 Å². The molecule has 1 aromatic heterocycles. The van der Waals surface area contributed by atoms with Crippen molar-refractivity contribution >= 4 is 19.3 Å². The van der Waals surface area contributed by atoms with E-state index in [-0.39, 0.29) is 24.7 Å². The summed E-state index contributed by atoms with van der Waals surface area (Å²) in [6.45, 7) is 9.70. The number of alkyl carbamates (subject to hydrolysis) is 1. The second-order valence-corrected chi connectivity index (χ2v) is 8.53. The van der Waals surface area contributed by atoms with Crippen molar-refractivity contribution in [1.82, 2.24) is 10.3 Å². The van der Waals surface area contributed by atoms with Gasteiger partial charge in [-0.15, -0.1) is 0 Å². The number of pyridine rings is 1. The van der Waals surface area contributed by atoms with Crippen molar-refractivity contribution in [1.29, 1.82) is 0 Å². The quantitative estimate of drug-likeness (QED) is 0.691. The number of rotatable bonds is 6. The molecule has 0 atom stereocenters. The van der Waals surface area contributed by atoms with Crippen LogP contribution in [-0.2, 0) is 20.7 Å². The molecular formula is C23H28BFN2O4. The first-order valence-electron chi connectivity index (χ1n) is 10.2. The fourth-order valence-corrected chi connectivity index (χ4v) is 2.98. The molecule has 2 aromatic rings. The number of nitrogens with zero attached hydrogens (tertiary/aromatic N) is 1. The van der Waals surface area contributed by atoms with E-state index in [2.05, 4.69) is 10.3 Å². The molecule has 8 heteroatoms. The maximum atomic E-state index is 13.6. The second kappa shape index (κ2) is 9.20. The Hall–Kier alpha value is -2.71. The fraction of sp³-hybridized carbons (Fsp3) is 0.391. The Labute approximate surface area is 183 Å². The summed E-state index contributed by atoms with van der Waals surface area (Å²) in [7, 11) is -0.688. The van der Waals surface area contributed by atoms with E-state index in [0.29, 0.717) is 11.2 Å². The minimum atomic E-state index is -0.688. The SMILES string of the molecule is Cc1nc(C=C(CNC(=O)OCc2ccccc2)B2OC(C)(C)C(C)(C)O2)ccc1F. The summed E-state index contributed by atoms with van der Waals surface area (Å²) >= 11 is 0. The summed E-state index contributed by atoms with van der Waals surface area (Å²) in [6, 6.07) is 12.4. The first-order chi connectivity index (χ1) is 14.6. The molecular weight excluding hydrogens is 398 g/mol. The molecule has 1 saturated heterocycles. The number of carbonyl (C=O) groups is 1. The standard InChI is InChI=1S/C23H28BFN2O4/c1-16-20(25)12-11-19(27-16)13-18(24-30-22(2,3)23(4,5)31-24)14-26-21(28)29-15-17-9-7-6-8-10-17/h6-13H,14-15H2,1-5H3,(H,26,28). The molecule has 6 nitrogen and oxygen atoms in total. The van der Waals surface area contributed by atoms with E-state index in [0.717, 1.165) is 5.56 Å². The first-order valence-corrected chi connectivity index (χ1v) is 10.2. The number of benzene rings is 1. The lowest BCUT2D eigenvalue weighted by molar-refractivity contribution is 0.00578. The van der Waals surface area contributed by atoms with Crippen LogP contribution in [0.3, 0.4) is 0 Å². The van der Waals surface area contributed by atoms with Gasteiger partial charge in [0, 0.05) is 6.54 Å². The number of aromatic nitrogens is 1. The Bertz CT molecular complexity index is 947. The van der Waals surface area contributed by atoms with E-state index in [1.54, 1.807) is 19.1 Å². The van der Waals surface area contributed by atoms with Gasteiger partial charge in [0.1, 0.15) is 12.4 Å². The minimum absolute atomic E-state index is 0.128. The second-order valence-electron chi connectivity index (χ2n) is 8.53. The van der Waals surface area contributed by atoms with Crippen LogP contribution in [0.5, 0.6) is 0 Å². The summed E-state index contributed by atoms with van der Waals surface area (Å²) in [6.07, 6.45) is 1.18. The number of nitrogens with one attached hydrogen (secondary N) is 1. The summed E-state index contributed by atoms with van der Waals surface area (Å²) in [4.78, 5) is 16.5. The van der Waals surface area contributed by atoms with Gasteiger partial charge in [-0.3, -0.25) is 4.98 Å². The first kappa shape index (κ1) is 23.0. The van der Waals surface area contributed by atoms with Crippen LogP contribution in [0.1, 0.15) is 44.6 Å². The lowest BCUT2D eigenvalue weighted by atomic mass is 9.77. The lowest BCUT2D eigenvalue weighted by Crippen LogP contribution is -2.41. The number of aryl methyl sites for hydroxylation is 1. The van der Waals surface area contributed by atoms with E-state index in [9.17, 15) is 9.18 Å². The molecule has 1 N–H and O–H groups in total. The van der Waals surface area contributed by atoms with Crippen LogP contribution >= 0.6 is 0 Å². The van der Waals surface area contributed by atoms with Gasteiger partial charge in [-0.2, -0.15) is 0 Å². The zero-order valence-corrected chi connectivity index (χ0v) is 18.6. The van der Waals surface area contributed by atoms with Crippen LogP contribution in [-0.4, -0.2) is 35.9 Å². The predicted octanol–water partition coefficient (Wildman–Crippen LogP) is 4.47. The molecule has 0 saturated carbocycles. The maximum absolute atomic E-state index is 13.6. The zero-order valence-electron chi connectivity index (χ0n) is 18.6. The van der Waals surface area contributed by atoms with Crippen molar-refractivity contribution in [3.05, 3.63) is 70.7 Å². The molecule has 0 radical (unpaired) electrons. The third-order valence-corrected chi connectivity index (χ3v) is 5.58. The third-order valence-electron chi connectivity index (χ3n) is 5.58. The van der Waals surface area contributed by atoms with Gasteiger partial charge < -0.3 is 19.4 Å². The summed E-state index contributed by atoms with van der Waals surface area (Å²) in [5.41, 5.74) is 1.28. The molecule has 1 aromatic carbocycles. The molecule has 0 bridgehead atoms. The molecule has 31 heavy (non-hydrogen) atoms. The molecule has 164 valence electrons. The molecule has 1 amide bonds. The Balaban J connectivity index is 1.73. The molecule has 0 spiro atoms. The Kier molecular flexibility index (Phi) is 6.82. The zero-order chi connectivity index (χ0) is 22.6. The highest BCUT2D eigenvalue weighted by Crippen LogP contribution is 2.38. The van der Waals surface area contributed by atoms with Crippen LogP contribution < -0.4 is 5.32 Å². The molecule has 2 heterocycles. The van der Waals surface area contributed by atoms with Gasteiger partial charge in [0.05, 0.1) is 22.6 Å². The number of carbonyl (C=O) groups excluding carboxylic acids is 1. The van der Waals surface area contributed by atoms with E-state index >= 15 is 0 Å². The van der Waals surface area contributed by atoms with Gasteiger partial charge >= 0.3 is 13.2 Å². The highest BCUT2D eigenvalue weighted by atomic mass is 19.1. The summed E-state index contributed by atoms with van der Waals surface area (Å²) in [5.74, 6) is -0.378. The van der Waals surface area contributed by atoms with Crippen molar-refractivity contribution in [2.24, 2.45) is 0 Å². The third kappa shape index (κ3) is 5.71. The van der Waals surface area contributed by atoms with E-state index in [1.165, 1.54) is 6.07 Å². The number of amides is 1. The van der Waals surface area contributed by atoms with Gasteiger partial charge in [-0.05, 0) is 63.9 Å². The molecule has 1 aliphatic heterocycles. The minimum Gasteiger partial charge on any atom is -0.445 e. The van der Waals surface area contributed by atoms with Crippen molar-refractivity contribution in [2.45, 2.75) is 52.4 Å². The Morgan fingerprint density at radius 3 is 2.39 bits per heavy atom. The average Bonchev–Trinajstić information content (AvgIpc) is 2.94. The van der Waals surface area contributed by atoms with Gasteiger partial charge in [0.15, 0.2) is 0 Å². The van der Waals surface area contributed by atoms with E-state index in [4.69, 9.17) is 14.0 Å². The summed E-state index contributed by atoms with van der Waals surface area (Å²) < 4.78 is 31.2. The molecule has 0 aliphatic carbocycles. The van der Waals surface area contributed by atoms with Crippen molar-refractivity contribution in [3.63, 3.8) is 0 Å². The van der Waals surface area contributed by atoms with E-state index < -0.39 is 24.4 Å². The van der Waals surface area contributed by atoms with Crippen molar-refractivity contribution in [2.75, 3.05) is 6.54 Å². The van der Waals surface area contributed by atoms with Gasteiger partial charge in [0.25, 0.3) is 0 Å². The van der Waals surface area contributed by atoms with Crippen LogP contribution in [0.2, 0.25) is 0 Å². The van der Waals surface area contributed by atoms with Crippen LogP contribution in [0, 0.1) is 12.7 Å². The van der Waals surface area contributed by atoms with Gasteiger partial charge in [0.2, 0.25) is 0 Å². The largest absolute Gasteiger partial charge is 0.492 e. The number of hydrogen-bond acceptors (Lipinski definition) is 5. The van der Waals surface area contributed by atoms with Crippen LogP contribution in [0.25, 0.3) is 6.08 Å². The highest BCUT2D eigenvalue weighted by Gasteiger charge is 2.52. The highest BCUT2D eigenvalue weighted by molar-refractivity contribution is 6.56. The average molecular weight is 426 g/mol. The van der Waals surface area contributed by atoms with Crippen molar-refractivity contribution in [3.8, 4) is 0 Å². The smallest absolute Gasteiger partial charge is 0.445 e. The Morgan fingerprint density at radius 2 is 1.77 bits per heavy atom. The van der Waals surface area contributed by atoms with Crippen LogP contribution in [0.4, 0.5) is 9.18 Å². The normalized spacial score (nSPS) is 17.5. The van der Waals surface area contributed by atoms with Crippen LogP contribution in [0.15, 0.2) is 47.9 Å².